The summed E-state index contributed by atoms with van der Waals surface area (Å²) in [4.78, 5) is 33.7. The summed E-state index contributed by atoms with van der Waals surface area (Å²) in [5, 5.41) is 2.89. The van der Waals surface area contributed by atoms with Crippen molar-refractivity contribution in [2.45, 2.75) is 45.3 Å². The van der Waals surface area contributed by atoms with Gasteiger partial charge in [0, 0.05) is 26.1 Å². The fourth-order valence-electron chi connectivity index (χ4n) is 5.21. The Morgan fingerprint density at radius 3 is 2.68 bits per heavy atom. The number of amides is 2. The van der Waals surface area contributed by atoms with Gasteiger partial charge < -0.3 is 24.3 Å². The zero-order valence-corrected chi connectivity index (χ0v) is 21.6. The molecule has 2 aliphatic heterocycles. The number of ether oxygens (including phenoxy) is 1. The van der Waals surface area contributed by atoms with E-state index in [9.17, 15) is 14.0 Å². The second-order valence-corrected chi connectivity index (χ2v) is 9.73. The molecule has 1 atom stereocenters. The second kappa shape index (κ2) is 11.8. The van der Waals surface area contributed by atoms with Crippen LogP contribution in [0, 0.1) is 5.82 Å². The fraction of sp³-hybridized carbons (Fsp3) is 0.414. The number of fused-ring (bicyclic) bond motifs is 1. The average Bonchev–Trinajstić information content (AvgIpc) is 3.64. The summed E-state index contributed by atoms with van der Waals surface area (Å²) in [6.45, 7) is 6.07. The number of halogens is 1. The normalized spacial score (nSPS) is 17.3. The van der Waals surface area contributed by atoms with Crippen LogP contribution in [0.1, 0.15) is 65.3 Å². The van der Waals surface area contributed by atoms with Crippen molar-refractivity contribution >= 4 is 11.8 Å². The summed E-state index contributed by atoms with van der Waals surface area (Å²) in [5.74, 6) is 0.348. The molecule has 5 rings (SSSR count). The minimum Gasteiger partial charge on any atom is -0.484 e. The standard InChI is InChI=1S/C29H33FN4O4/c1-2-27(35)34-15-11-20-7-10-23(17-24(20)28(34)21-5-8-22(30)9-6-21)37-19-26-32-25(18-38-26)29(36)31-12-16-33-13-3-4-14-33/h5-10,17-18,28H,2-4,11-16,19H2,1H3,(H,31,36). The monoisotopic (exact) mass is 520 g/mol. The lowest BCUT2D eigenvalue weighted by atomic mass is 9.87. The molecule has 0 bridgehead atoms. The quantitative estimate of drug-likeness (QED) is 0.457. The van der Waals surface area contributed by atoms with Crippen molar-refractivity contribution in [2.24, 2.45) is 0 Å². The molecular formula is C29H33FN4O4. The van der Waals surface area contributed by atoms with E-state index in [-0.39, 0.29) is 36.0 Å². The molecule has 200 valence electrons. The Bertz CT molecular complexity index is 1270. The van der Waals surface area contributed by atoms with Gasteiger partial charge in [-0.2, -0.15) is 0 Å². The van der Waals surface area contributed by atoms with Crippen LogP contribution in [0.5, 0.6) is 5.75 Å². The lowest BCUT2D eigenvalue weighted by Gasteiger charge is -2.38. The molecule has 9 heteroatoms. The first-order valence-corrected chi connectivity index (χ1v) is 13.3. The highest BCUT2D eigenvalue weighted by Crippen LogP contribution is 2.37. The molecule has 1 saturated heterocycles. The SMILES string of the molecule is CCC(=O)N1CCc2ccc(OCc3nc(C(=O)NCCN4CCCC4)co3)cc2C1c1ccc(F)cc1. The van der Waals surface area contributed by atoms with Crippen LogP contribution in [0.25, 0.3) is 0 Å². The third-order valence-corrected chi connectivity index (χ3v) is 7.21. The Balaban J connectivity index is 1.26. The number of benzene rings is 2. The molecule has 3 aromatic rings. The van der Waals surface area contributed by atoms with Gasteiger partial charge in [-0.1, -0.05) is 25.1 Å². The molecule has 0 aliphatic carbocycles. The van der Waals surface area contributed by atoms with Crippen molar-refractivity contribution in [2.75, 3.05) is 32.7 Å². The number of carbonyl (C=O) groups is 2. The van der Waals surface area contributed by atoms with E-state index in [4.69, 9.17) is 9.15 Å². The van der Waals surface area contributed by atoms with E-state index in [1.54, 1.807) is 12.1 Å². The van der Waals surface area contributed by atoms with Crippen molar-refractivity contribution in [3.05, 3.63) is 82.8 Å². The summed E-state index contributed by atoms with van der Waals surface area (Å²) in [7, 11) is 0. The Labute approximate surface area is 221 Å². The number of hydrogen-bond acceptors (Lipinski definition) is 6. The molecule has 38 heavy (non-hydrogen) atoms. The molecule has 2 aromatic carbocycles. The van der Waals surface area contributed by atoms with Crippen molar-refractivity contribution < 1.29 is 23.1 Å². The summed E-state index contributed by atoms with van der Waals surface area (Å²) in [6.07, 6.45) is 4.89. The Morgan fingerprint density at radius 1 is 1.13 bits per heavy atom. The van der Waals surface area contributed by atoms with E-state index in [1.165, 1.54) is 31.2 Å². The van der Waals surface area contributed by atoms with E-state index in [0.29, 0.717) is 31.2 Å². The Morgan fingerprint density at radius 2 is 1.92 bits per heavy atom. The van der Waals surface area contributed by atoms with E-state index in [2.05, 4.69) is 15.2 Å². The second-order valence-electron chi connectivity index (χ2n) is 9.73. The third kappa shape index (κ3) is 5.88. The van der Waals surface area contributed by atoms with Gasteiger partial charge in [0.15, 0.2) is 12.3 Å². The smallest absolute Gasteiger partial charge is 0.273 e. The van der Waals surface area contributed by atoms with Gasteiger partial charge >= 0.3 is 0 Å². The first kappa shape index (κ1) is 25.9. The Hall–Kier alpha value is -3.72. The van der Waals surface area contributed by atoms with Gasteiger partial charge in [0.2, 0.25) is 11.8 Å². The molecular weight excluding hydrogens is 487 g/mol. The van der Waals surface area contributed by atoms with Crippen molar-refractivity contribution in [3.63, 3.8) is 0 Å². The number of hydrogen-bond donors (Lipinski definition) is 1. The maximum Gasteiger partial charge on any atom is 0.273 e. The first-order chi connectivity index (χ1) is 18.5. The number of likely N-dealkylation sites (tertiary alicyclic amines) is 1. The van der Waals surface area contributed by atoms with Crippen LogP contribution in [0.4, 0.5) is 4.39 Å². The van der Waals surface area contributed by atoms with Gasteiger partial charge in [-0.3, -0.25) is 9.59 Å². The summed E-state index contributed by atoms with van der Waals surface area (Å²) in [6, 6.07) is 11.8. The van der Waals surface area contributed by atoms with Crippen LogP contribution in [-0.4, -0.2) is 59.3 Å². The van der Waals surface area contributed by atoms with Gasteiger partial charge in [-0.25, -0.2) is 9.37 Å². The number of nitrogens with one attached hydrogen (secondary N) is 1. The molecule has 2 amide bonds. The minimum absolute atomic E-state index is 0.0438. The molecule has 2 aliphatic rings. The van der Waals surface area contributed by atoms with E-state index < -0.39 is 0 Å². The molecule has 3 heterocycles. The number of nitrogens with zero attached hydrogens (tertiary/aromatic N) is 3. The highest BCUT2D eigenvalue weighted by atomic mass is 19.1. The number of carbonyl (C=O) groups excluding carboxylic acids is 2. The van der Waals surface area contributed by atoms with E-state index >= 15 is 0 Å². The molecule has 1 N–H and O–H groups in total. The summed E-state index contributed by atoms with van der Waals surface area (Å²) in [5.41, 5.74) is 3.14. The number of oxazole rings is 1. The molecule has 1 unspecified atom stereocenters. The van der Waals surface area contributed by atoms with Gasteiger partial charge in [-0.05, 0) is 73.3 Å². The highest BCUT2D eigenvalue weighted by molar-refractivity contribution is 5.91. The molecule has 1 fully saturated rings. The average molecular weight is 521 g/mol. The van der Waals surface area contributed by atoms with E-state index in [1.807, 2.05) is 30.0 Å². The van der Waals surface area contributed by atoms with Crippen LogP contribution in [0.15, 0.2) is 53.1 Å². The zero-order chi connectivity index (χ0) is 26.5. The van der Waals surface area contributed by atoms with Gasteiger partial charge in [-0.15, -0.1) is 0 Å². The largest absolute Gasteiger partial charge is 0.484 e. The molecule has 8 nitrogen and oxygen atoms in total. The van der Waals surface area contributed by atoms with E-state index in [0.717, 1.165) is 42.7 Å². The van der Waals surface area contributed by atoms with Crippen LogP contribution >= 0.6 is 0 Å². The molecule has 0 spiro atoms. The van der Waals surface area contributed by atoms with Gasteiger partial charge in [0.25, 0.3) is 5.91 Å². The lowest BCUT2D eigenvalue weighted by Crippen LogP contribution is -2.40. The lowest BCUT2D eigenvalue weighted by molar-refractivity contribution is -0.132. The first-order valence-electron chi connectivity index (χ1n) is 13.3. The minimum atomic E-state index is -0.326. The molecule has 1 aromatic heterocycles. The maximum absolute atomic E-state index is 13.6. The van der Waals surface area contributed by atoms with Gasteiger partial charge in [0.05, 0.1) is 6.04 Å². The van der Waals surface area contributed by atoms with Gasteiger partial charge in [0.1, 0.15) is 17.8 Å². The fourth-order valence-corrected chi connectivity index (χ4v) is 5.21. The predicted octanol–water partition coefficient (Wildman–Crippen LogP) is 4.10. The molecule has 0 saturated carbocycles. The topological polar surface area (TPSA) is 87.9 Å². The predicted molar refractivity (Wildman–Crippen MR) is 139 cm³/mol. The maximum atomic E-state index is 13.6. The number of aromatic nitrogens is 1. The van der Waals surface area contributed by atoms with Crippen LogP contribution in [-0.2, 0) is 17.8 Å². The zero-order valence-electron chi connectivity index (χ0n) is 21.6. The summed E-state index contributed by atoms with van der Waals surface area (Å²) >= 11 is 0. The number of rotatable bonds is 9. The molecule has 0 radical (unpaired) electrons. The van der Waals surface area contributed by atoms with Crippen molar-refractivity contribution in [3.8, 4) is 5.75 Å². The van der Waals surface area contributed by atoms with Crippen molar-refractivity contribution in [1.29, 1.82) is 0 Å². The Kier molecular flexibility index (Phi) is 8.03. The van der Waals surface area contributed by atoms with Crippen molar-refractivity contribution in [1.82, 2.24) is 20.1 Å². The van der Waals surface area contributed by atoms with Crippen LogP contribution < -0.4 is 10.1 Å². The summed E-state index contributed by atoms with van der Waals surface area (Å²) < 4.78 is 25.1. The van der Waals surface area contributed by atoms with Crippen LogP contribution in [0.2, 0.25) is 0 Å². The van der Waals surface area contributed by atoms with Crippen LogP contribution in [0.3, 0.4) is 0 Å². The highest BCUT2D eigenvalue weighted by Gasteiger charge is 2.31. The third-order valence-electron chi connectivity index (χ3n) is 7.21.